The first-order chi connectivity index (χ1) is 11.6. The summed E-state index contributed by atoms with van der Waals surface area (Å²) < 4.78 is 0. The topological polar surface area (TPSA) is 49.4 Å². The quantitative estimate of drug-likeness (QED) is 0.824. The molecular weight excluding hydrogens is 312 g/mol. The number of para-hydroxylation sites is 1. The van der Waals surface area contributed by atoms with E-state index in [4.69, 9.17) is 0 Å². The van der Waals surface area contributed by atoms with E-state index in [0.717, 1.165) is 16.8 Å². The molecule has 0 aliphatic heterocycles. The van der Waals surface area contributed by atoms with Crippen LogP contribution in [0.5, 0.6) is 0 Å². The summed E-state index contributed by atoms with van der Waals surface area (Å²) in [5.41, 5.74) is 4.07. The first kappa shape index (κ1) is 19.2. The Kier molecular flexibility index (Phi) is 5.40. The molecule has 1 aromatic carbocycles. The Morgan fingerprint density at radius 1 is 1.20 bits per heavy atom. The van der Waals surface area contributed by atoms with Gasteiger partial charge in [0.15, 0.2) is 0 Å². The zero-order valence-electron chi connectivity index (χ0n) is 16.4. The molecule has 0 spiro atoms. The highest BCUT2D eigenvalue weighted by Gasteiger charge is 2.61. The van der Waals surface area contributed by atoms with E-state index in [9.17, 15) is 9.59 Å². The highest BCUT2D eigenvalue weighted by Crippen LogP contribution is 2.59. The van der Waals surface area contributed by atoms with Gasteiger partial charge in [-0.3, -0.25) is 9.59 Å². The van der Waals surface area contributed by atoms with Crippen LogP contribution in [0.3, 0.4) is 0 Å². The molecule has 1 fully saturated rings. The third kappa shape index (κ3) is 4.12. The van der Waals surface area contributed by atoms with E-state index >= 15 is 0 Å². The number of anilines is 1. The fourth-order valence-electron chi connectivity index (χ4n) is 3.54. The lowest BCUT2D eigenvalue weighted by molar-refractivity contribution is -0.135. The van der Waals surface area contributed by atoms with Crippen LogP contribution in [-0.4, -0.2) is 30.3 Å². The Balaban J connectivity index is 2.00. The fraction of sp³-hybridized carbons (Fsp3) is 0.524. The maximum absolute atomic E-state index is 12.8. The molecule has 0 aromatic heterocycles. The summed E-state index contributed by atoms with van der Waals surface area (Å²) in [5.74, 6) is 0.101. The van der Waals surface area contributed by atoms with Gasteiger partial charge in [0.2, 0.25) is 11.8 Å². The van der Waals surface area contributed by atoms with Crippen molar-refractivity contribution in [2.45, 2.75) is 41.5 Å². The molecule has 0 bridgehead atoms. The van der Waals surface area contributed by atoms with Crippen molar-refractivity contribution in [2.24, 2.45) is 17.3 Å². The highest BCUT2D eigenvalue weighted by molar-refractivity contribution is 5.96. The summed E-state index contributed by atoms with van der Waals surface area (Å²) in [4.78, 5) is 26.7. The summed E-state index contributed by atoms with van der Waals surface area (Å²) in [5, 5.41) is 2.94. The van der Waals surface area contributed by atoms with Crippen LogP contribution in [0.2, 0.25) is 0 Å². The van der Waals surface area contributed by atoms with Crippen LogP contribution in [0, 0.1) is 31.1 Å². The number of likely N-dealkylation sites (N-methyl/N-ethyl adjacent to an activating group) is 1. The molecule has 2 amide bonds. The molecule has 1 aliphatic carbocycles. The number of nitrogens with zero attached hydrogens (tertiary/aromatic N) is 1. The number of nitrogens with one attached hydrogen (secondary N) is 1. The summed E-state index contributed by atoms with van der Waals surface area (Å²) in [6.07, 6.45) is 2.17. The largest absolute Gasteiger partial charge is 0.336 e. The van der Waals surface area contributed by atoms with Gasteiger partial charge in [-0.25, -0.2) is 0 Å². The van der Waals surface area contributed by atoms with Gasteiger partial charge in [-0.05, 0) is 50.2 Å². The number of amides is 2. The standard InChI is InChI=1S/C21H30N2O2/c1-13(2)11-16-18(21(16,5)6)20(25)23(7)12-17(24)22-19-14(3)9-8-10-15(19)4/h8-11,16,18H,12H2,1-7H3,(H,22,24). The van der Waals surface area contributed by atoms with Gasteiger partial charge in [-0.1, -0.05) is 43.7 Å². The fourth-order valence-corrected chi connectivity index (χ4v) is 3.54. The number of aryl methyl sites for hydroxylation is 2. The molecule has 1 N–H and O–H groups in total. The number of rotatable bonds is 5. The van der Waals surface area contributed by atoms with Crippen molar-refractivity contribution in [3.05, 3.63) is 41.0 Å². The third-order valence-electron chi connectivity index (χ3n) is 5.19. The number of hydrogen-bond acceptors (Lipinski definition) is 2. The van der Waals surface area contributed by atoms with Crippen LogP contribution in [-0.2, 0) is 9.59 Å². The van der Waals surface area contributed by atoms with Gasteiger partial charge in [-0.15, -0.1) is 0 Å². The zero-order valence-corrected chi connectivity index (χ0v) is 16.4. The van der Waals surface area contributed by atoms with Crippen molar-refractivity contribution >= 4 is 17.5 Å². The SMILES string of the molecule is CC(C)=CC1C(C(=O)N(C)CC(=O)Nc2c(C)cccc2C)C1(C)C. The second kappa shape index (κ2) is 7.03. The van der Waals surface area contributed by atoms with E-state index in [1.807, 2.05) is 32.0 Å². The van der Waals surface area contributed by atoms with Crippen molar-refractivity contribution < 1.29 is 9.59 Å². The molecule has 2 atom stereocenters. The summed E-state index contributed by atoms with van der Waals surface area (Å²) >= 11 is 0. The van der Waals surface area contributed by atoms with Crippen LogP contribution >= 0.6 is 0 Å². The second-order valence-electron chi connectivity index (χ2n) is 8.08. The molecular formula is C21H30N2O2. The van der Waals surface area contributed by atoms with Crippen molar-refractivity contribution in [1.82, 2.24) is 4.90 Å². The van der Waals surface area contributed by atoms with Gasteiger partial charge in [0.25, 0.3) is 0 Å². The Morgan fingerprint density at radius 2 is 1.76 bits per heavy atom. The van der Waals surface area contributed by atoms with Crippen LogP contribution in [0.25, 0.3) is 0 Å². The number of benzene rings is 1. The number of carbonyl (C=O) groups excluding carboxylic acids is 2. The molecule has 136 valence electrons. The second-order valence-corrected chi connectivity index (χ2v) is 8.08. The lowest BCUT2D eigenvalue weighted by atomic mass is 10.1. The number of carbonyl (C=O) groups is 2. The van der Waals surface area contributed by atoms with E-state index in [1.54, 1.807) is 11.9 Å². The van der Waals surface area contributed by atoms with Gasteiger partial charge in [0.1, 0.15) is 0 Å². The van der Waals surface area contributed by atoms with Crippen molar-refractivity contribution in [2.75, 3.05) is 18.9 Å². The van der Waals surface area contributed by atoms with Crippen molar-refractivity contribution in [1.29, 1.82) is 0 Å². The van der Waals surface area contributed by atoms with Crippen LogP contribution in [0.15, 0.2) is 29.8 Å². The molecule has 1 aromatic rings. The molecule has 25 heavy (non-hydrogen) atoms. The average Bonchev–Trinajstić information content (AvgIpc) is 3.02. The minimum absolute atomic E-state index is 0.0360. The van der Waals surface area contributed by atoms with E-state index in [2.05, 4.69) is 39.1 Å². The van der Waals surface area contributed by atoms with Crippen molar-refractivity contribution in [3.8, 4) is 0 Å². The van der Waals surface area contributed by atoms with E-state index in [-0.39, 0.29) is 35.6 Å². The van der Waals surface area contributed by atoms with E-state index in [0.29, 0.717) is 0 Å². The minimum atomic E-state index is -0.162. The molecule has 0 radical (unpaired) electrons. The number of allylic oxidation sites excluding steroid dienone is 2. The summed E-state index contributed by atoms with van der Waals surface area (Å²) in [7, 11) is 1.71. The molecule has 4 heteroatoms. The van der Waals surface area contributed by atoms with Crippen LogP contribution < -0.4 is 5.32 Å². The molecule has 2 unspecified atom stereocenters. The van der Waals surface area contributed by atoms with E-state index < -0.39 is 0 Å². The van der Waals surface area contributed by atoms with Crippen LogP contribution in [0.1, 0.15) is 38.8 Å². The smallest absolute Gasteiger partial charge is 0.243 e. The lowest BCUT2D eigenvalue weighted by Crippen LogP contribution is -2.36. The molecule has 1 aliphatic rings. The predicted octanol–water partition coefficient (Wildman–Crippen LogP) is 3.94. The molecule has 0 heterocycles. The van der Waals surface area contributed by atoms with Gasteiger partial charge >= 0.3 is 0 Å². The maximum atomic E-state index is 12.8. The molecule has 1 saturated carbocycles. The monoisotopic (exact) mass is 342 g/mol. The van der Waals surface area contributed by atoms with Gasteiger partial charge in [0.05, 0.1) is 12.5 Å². The van der Waals surface area contributed by atoms with E-state index in [1.165, 1.54) is 5.57 Å². The molecule has 2 rings (SSSR count). The normalized spacial score (nSPS) is 20.6. The van der Waals surface area contributed by atoms with Crippen molar-refractivity contribution in [3.63, 3.8) is 0 Å². The lowest BCUT2D eigenvalue weighted by Gasteiger charge is -2.19. The third-order valence-corrected chi connectivity index (χ3v) is 5.19. The zero-order chi connectivity index (χ0) is 18.9. The summed E-state index contributed by atoms with van der Waals surface area (Å²) in [6, 6.07) is 5.90. The number of hydrogen-bond donors (Lipinski definition) is 1. The molecule has 4 nitrogen and oxygen atoms in total. The van der Waals surface area contributed by atoms with Gasteiger partial charge in [-0.2, -0.15) is 0 Å². The average molecular weight is 342 g/mol. The first-order valence-corrected chi connectivity index (χ1v) is 8.81. The van der Waals surface area contributed by atoms with Gasteiger partial charge < -0.3 is 10.2 Å². The van der Waals surface area contributed by atoms with Crippen LogP contribution in [0.4, 0.5) is 5.69 Å². The maximum Gasteiger partial charge on any atom is 0.243 e. The highest BCUT2D eigenvalue weighted by atomic mass is 16.2. The first-order valence-electron chi connectivity index (χ1n) is 8.81. The Morgan fingerprint density at radius 3 is 2.28 bits per heavy atom. The minimum Gasteiger partial charge on any atom is -0.336 e. The Labute approximate surface area is 151 Å². The van der Waals surface area contributed by atoms with Gasteiger partial charge in [0, 0.05) is 12.7 Å². The predicted molar refractivity (Wildman–Crippen MR) is 102 cm³/mol. The Hall–Kier alpha value is -2.10. The molecule has 0 saturated heterocycles. The summed E-state index contributed by atoms with van der Waals surface area (Å²) in [6.45, 7) is 12.3. The Bertz CT molecular complexity index is 694.